The standard InChI is InChI=1S/C21H25N3O2/c1-5-23-17-11-6-7-12-18(17)24(21(23)26)13-19(25)22-20-15(4)9-8-10-16(20)14(2)3/h6-12,14H,5,13H2,1-4H3,(H,22,25). The zero-order valence-electron chi connectivity index (χ0n) is 15.7. The number of fused-ring (bicyclic) bond motifs is 1. The van der Waals surface area contributed by atoms with Gasteiger partial charge in [-0.2, -0.15) is 0 Å². The quantitative estimate of drug-likeness (QED) is 0.758. The van der Waals surface area contributed by atoms with Crippen molar-refractivity contribution in [3.63, 3.8) is 0 Å². The first-order valence-corrected chi connectivity index (χ1v) is 9.01. The molecular weight excluding hydrogens is 326 g/mol. The fourth-order valence-electron chi connectivity index (χ4n) is 3.40. The van der Waals surface area contributed by atoms with Crippen LogP contribution in [0.5, 0.6) is 0 Å². The summed E-state index contributed by atoms with van der Waals surface area (Å²) in [6.07, 6.45) is 0. The number of aromatic nitrogens is 2. The van der Waals surface area contributed by atoms with Crippen molar-refractivity contribution in [2.75, 3.05) is 5.32 Å². The molecule has 3 aromatic rings. The fourth-order valence-corrected chi connectivity index (χ4v) is 3.40. The first-order chi connectivity index (χ1) is 12.4. The van der Waals surface area contributed by atoms with Crippen LogP contribution < -0.4 is 11.0 Å². The minimum absolute atomic E-state index is 0.00177. The fraction of sp³-hybridized carbons (Fsp3) is 0.333. The summed E-state index contributed by atoms with van der Waals surface area (Å²) in [6, 6.07) is 13.6. The average Bonchev–Trinajstić information content (AvgIpc) is 2.88. The Bertz CT molecular complexity index is 1010. The Balaban J connectivity index is 1.95. The van der Waals surface area contributed by atoms with E-state index in [2.05, 4.69) is 19.2 Å². The van der Waals surface area contributed by atoms with Gasteiger partial charge in [0, 0.05) is 12.2 Å². The molecule has 0 bridgehead atoms. The van der Waals surface area contributed by atoms with Gasteiger partial charge >= 0.3 is 5.69 Å². The number of hydrogen-bond donors (Lipinski definition) is 1. The van der Waals surface area contributed by atoms with Crippen LogP contribution in [0.15, 0.2) is 47.3 Å². The first-order valence-electron chi connectivity index (χ1n) is 9.01. The average molecular weight is 351 g/mol. The lowest BCUT2D eigenvalue weighted by Crippen LogP contribution is -2.29. The lowest BCUT2D eigenvalue weighted by Gasteiger charge is -2.16. The third-order valence-corrected chi connectivity index (χ3v) is 4.73. The number of para-hydroxylation sites is 3. The van der Waals surface area contributed by atoms with Gasteiger partial charge in [0.15, 0.2) is 0 Å². The summed E-state index contributed by atoms with van der Waals surface area (Å²) in [6.45, 7) is 8.69. The molecular formula is C21H25N3O2. The van der Waals surface area contributed by atoms with Gasteiger partial charge < -0.3 is 5.32 Å². The molecule has 0 atom stereocenters. The van der Waals surface area contributed by atoms with E-state index in [1.165, 1.54) is 0 Å². The predicted octanol–water partition coefficient (Wildman–Crippen LogP) is 3.89. The van der Waals surface area contributed by atoms with E-state index in [-0.39, 0.29) is 18.1 Å². The van der Waals surface area contributed by atoms with E-state index in [0.717, 1.165) is 27.8 Å². The smallest absolute Gasteiger partial charge is 0.324 e. The minimum atomic E-state index is -0.192. The molecule has 0 aliphatic carbocycles. The van der Waals surface area contributed by atoms with Crippen molar-refractivity contribution in [3.05, 3.63) is 64.1 Å². The number of benzene rings is 2. The molecule has 0 spiro atoms. The van der Waals surface area contributed by atoms with Crippen molar-refractivity contribution in [2.45, 2.75) is 46.7 Å². The molecule has 0 saturated heterocycles. The second-order valence-corrected chi connectivity index (χ2v) is 6.84. The Hall–Kier alpha value is -2.82. The molecule has 1 heterocycles. The molecule has 0 fully saturated rings. The van der Waals surface area contributed by atoms with Crippen LogP contribution in [0, 0.1) is 6.92 Å². The largest absolute Gasteiger partial charge is 0.329 e. The second-order valence-electron chi connectivity index (χ2n) is 6.84. The molecule has 0 radical (unpaired) electrons. The minimum Gasteiger partial charge on any atom is -0.324 e. The van der Waals surface area contributed by atoms with Gasteiger partial charge in [0.05, 0.1) is 11.0 Å². The highest BCUT2D eigenvalue weighted by Gasteiger charge is 2.16. The highest BCUT2D eigenvalue weighted by Crippen LogP contribution is 2.27. The molecule has 1 amide bonds. The topological polar surface area (TPSA) is 56.0 Å². The number of aryl methyl sites for hydroxylation is 2. The SMILES string of the molecule is CCn1c(=O)n(CC(=O)Nc2c(C)cccc2C(C)C)c2ccccc21. The van der Waals surface area contributed by atoms with Gasteiger partial charge in [-0.25, -0.2) is 4.79 Å². The van der Waals surface area contributed by atoms with Gasteiger partial charge in [0.2, 0.25) is 5.91 Å². The molecule has 2 aromatic carbocycles. The molecule has 5 nitrogen and oxygen atoms in total. The van der Waals surface area contributed by atoms with Crippen LogP contribution in [0.3, 0.4) is 0 Å². The Morgan fingerprint density at radius 1 is 1.04 bits per heavy atom. The normalized spacial score (nSPS) is 11.3. The third-order valence-electron chi connectivity index (χ3n) is 4.73. The van der Waals surface area contributed by atoms with E-state index < -0.39 is 0 Å². The summed E-state index contributed by atoms with van der Waals surface area (Å²) in [5, 5.41) is 3.02. The van der Waals surface area contributed by atoms with E-state index in [1.807, 2.05) is 56.3 Å². The summed E-state index contributed by atoms with van der Waals surface area (Å²) >= 11 is 0. The van der Waals surface area contributed by atoms with E-state index >= 15 is 0 Å². The highest BCUT2D eigenvalue weighted by atomic mass is 16.2. The number of hydrogen-bond acceptors (Lipinski definition) is 2. The Labute approximate surface area is 153 Å². The number of anilines is 1. The molecule has 136 valence electrons. The summed E-state index contributed by atoms with van der Waals surface area (Å²) in [7, 11) is 0. The first kappa shape index (κ1) is 18.0. The number of carbonyl (C=O) groups is 1. The van der Waals surface area contributed by atoms with E-state index in [9.17, 15) is 9.59 Å². The highest BCUT2D eigenvalue weighted by molar-refractivity contribution is 5.93. The van der Waals surface area contributed by atoms with Crippen molar-refractivity contribution >= 4 is 22.6 Å². The molecule has 1 N–H and O–H groups in total. The maximum Gasteiger partial charge on any atom is 0.329 e. The van der Waals surface area contributed by atoms with Gasteiger partial charge in [-0.3, -0.25) is 13.9 Å². The van der Waals surface area contributed by atoms with Gasteiger partial charge in [-0.05, 0) is 43.0 Å². The molecule has 0 aliphatic rings. The van der Waals surface area contributed by atoms with Crippen molar-refractivity contribution < 1.29 is 4.79 Å². The molecule has 3 rings (SSSR count). The van der Waals surface area contributed by atoms with Gasteiger partial charge in [-0.1, -0.05) is 44.2 Å². The monoisotopic (exact) mass is 351 g/mol. The Morgan fingerprint density at radius 2 is 1.69 bits per heavy atom. The maximum absolute atomic E-state index is 12.7. The number of nitrogens with one attached hydrogen (secondary N) is 1. The van der Waals surface area contributed by atoms with Gasteiger partial charge in [0.1, 0.15) is 6.54 Å². The summed E-state index contributed by atoms with van der Waals surface area (Å²) < 4.78 is 3.23. The Morgan fingerprint density at radius 3 is 2.31 bits per heavy atom. The molecule has 0 saturated carbocycles. The molecule has 26 heavy (non-hydrogen) atoms. The van der Waals surface area contributed by atoms with E-state index in [4.69, 9.17) is 0 Å². The van der Waals surface area contributed by atoms with Gasteiger partial charge in [0.25, 0.3) is 0 Å². The lowest BCUT2D eigenvalue weighted by molar-refractivity contribution is -0.116. The number of rotatable bonds is 5. The van der Waals surface area contributed by atoms with Crippen LogP contribution in [0.1, 0.15) is 37.8 Å². The van der Waals surface area contributed by atoms with Crippen LogP contribution in [-0.2, 0) is 17.9 Å². The van der Waals surface area contributed by atoms with Crippen molar-refractivity contribution in [3.8, 4) is 0 Å². The molecule has 0 unspecified atom stereocenters. The third kappa shape index (κ3) is 3.17. The summed E-state index contributed by atoms with van der Waals surface area (Å²) in [4.78, 5) is 25.4. The maximum atomic E-state index is 12.7. The van der Waals surface area contributed by atoms with Crippen LogP contribution in [0.2, 0.25) is 0 Å². The van der Waals surface area contributed by atoms with Crippen molar-refractivity contribution in [1.82, 2.24) is 9.13 Å². The number of imidazole rings is 1. The zero-order valence-corrected chi connectivity index (χ0v) is 15.7. The number of carbonyl (C=O) groups excluding carboxylic acids is 1. The van der Waals surface area contributed by atoms with Crippen LogP contribution >= 0.6 is 0 Å². The van der Waals surface area contributed by atoms with Crippen molar-refractivity contribution in [1.29, 1.82) is 0 Å². The zero-order chi connectivity index (χ0) is 18.8. The lowest BCUT2D eigenvalue weighted by atomic mass is 9.98. The van der Waals surface area contributed by atoms with E-state index in [1.54, 1.807) is 9.13 Å². The van der Waals surface area contributed by atoms with Gasteiger partial charge in [-0.15, -0.1) is 0 Å². The predicted molar refractivity (Wildman–Crippen MR) is 106 cm³/mol. The summed E-state index contributed by atoms with van der Waals surface area (Å²) in [5.41, 5.74) is 4.45. The summed E-state index contributed by atoms with van der Waals surface area (Å²) in [5.74, 6) is 0.109. The van der Waals surface area contributed by atoms with Crippen LogP contribution in [0.25, 0.3) is 11.0 Å². The Kier molecular flexibility index (Phi) is 4.98. The number of nitrogens with zero attached hydrogens (tertiary/aromatic N) is 2. The van der Waals surface area contributed by atoms with E-state index in [0.29, 0.717) is 12.5 Å². The number of amides is 1. The van der Waals surface area contributed by atoms with Crippen molar-refractivity contribution in [2.24, 2.45) is 0 Å². The molecule has 1 aromatic heterocycles. The van der Waals surface area contributed by atoms with Crippen LogP contribution in [0.4, 0.5) is 5.69 Å². The van der Waals surface area contributed by atoms with Crippen LogP contribution in [-0.4, -0.2) is 15.0 Å². The second kappa shape index (κ2) is 7.20. The molecule has 0 aliphatic heterocycles. The molecule has 5 heteroatoms.